The summed E-state index contributed by atoms with van der Waals surface area (Å²) in [5.74, 6) is 0.281. The van der Waals surface area contributed by atoms with Gasteiger partial charge in [-0.1, -0.05) is 43.2 Å². The molecule has 6 nitrogen and oxygen atoms in total. The van der Waals surface area contributed by atoms with Crippen LogP contribution >= 0.6 is 0 Å². The summed E-state index contributed by atoms with van der Waals surface area (Å²) in [5.41, 5.74) is 1.59. The minimum Gasteiger partial charge on any atom is -0.493 e. The molecule has 3 rings (SSSR count). The molecule has 33 heavy (non-hydrogen) atoms. The lowest BCUT2D eigenvalue weighted by Crippen LogP contribution is -2.57. The van der Waals surface area contributed by atoms with Crippen LogP contribution in [0.15, 0.2) is 42.5 Å². The monoisotopic (exact) mass is 453 g/mol. The van der Waals surface area contributed by atoms with Crippen LogP contribution in [0.1, 0.15) is 60.5 Å². The molecule has 1 saturated carbocycles. The summed E-state index contributed by atoms with van der Waals surface area (Å²) in [4.78, 5) is 27.0. The summed E-state index contributed by atoms with van der Waals surface area (Å²) in [5, 5.41) is 10.1. The minimum atomic E-state index is -1.17. The Morgan fingerprint density at radius 2 is 1.85 bits per heavy atom. The van der Waals surface area contributed by atoms with Crippen LogP contribution in [0, 0.1) is 12.8 Å². The Kier molecular flexibility index (Phi) is 8.01. The lowest BCUT2D eigenvalue weighted by Gasteiger charge is -2.43. The van der Waals surface area contributed by atoms with Gasteiger partial charge in [0.25, 0.3) is 5.91 Å². The molecule has 1 aliphatic carbocycles. The quantitative estimate of drug-likeness (QED) is 0.570. The third kappa shape index (κ3) is 5.49. The Hall–Kier alpha value is -3.02. The molecule has 0 aliphatic heterocycles. The maximum Gasteiger partial charge on any atom is 0.329 e. The molecule has 0 radical (unpaired) electrons. The first-order valence-electron chi connectivity index (χ1n) is 11.7. The van der Waals surface area contributed by atoms with Crippen molar-refractivity contribution in [3.8, 4) is 11.5 Å². The number of carbonyl (C=O) groups excluding carboxylic acids is 1. The van der Waals surface area contributed by atoms with Crippen molar-refractivity contribution >= 4 is 11.9 Å². The third-order valence-corrected chi connectivity index (χ3v) is 7.00. The average Bonchev–Trinajstić information content (AvgIpc) is 2.83. The number of hydrogen-bond donors (Lipinski definition) is 1. The first kappa shape index (κ1) is 24.6. The molecule has 0 bridgehead atoms. The predicted molar refractivity (Wildman–Crippen MR) is 128 cm³/mol. The molecule has 1 aliphatic rings. The number of aliphatic carboxylic acids is 1. The number of aryl methyl sites for hydroxylation is 1. The van der Waals surface area contributed by atoms with Gasteiger partial charge < -0.3 is 19.5 Å². The topological polar surface area (TPSA) is 76.1 Å². The van der Waals surface area contributed by atoms with E-state index in [2.05, 4.69) is 32.0 Å². The maximum absolute atomic E-state index is 13.4. The molecule has 0 spiro atoms. The second-order valence-corrected chi connectivity index (χ2v) is 9.01. The Morgan fingerprint density at radius 3 is 2.45 bits per heavy atom. The Balaban J connectivity index is 1.76. The van der Waals surface area contributed by atoms with E-state index in [0.717, 1.165) is 25.7 Å². The molecule has 1 amide bonds. The normalized spacial score (nSPS) is 20.2. The van der Waals surface area contributed by atoms with Crippen molar-refractivity contribution in [2.75, 3.05) is 20.8 Å². The highest BCUT2D eigenvalue weighted by atomic mass is 16.5. The van der Waals surface area contributed by atoms with E-state index in [4.69, 9.17) is 9.47 Å². The third-order valence-electron chi connectivity index (χ3n) is 7.00. The number of rotatable bonds is 9. The van der Waals surface area contributed by atoms with Crippen LogP contribution in [0.3, 0.4) is 0 Å². The van der Waals surface area contributed by atoms with Crippen LogP contribution in [-0.4, -0.2) is 48.2 Å². The fourth-order valence-electron chi connectivity index (χ4n) is 4.71. The van der Waals surface area contributed by atoms with E-state index in [-0.39, 0.29) is 5.91 Å². The number of likely N-dealkylation sites (N-methyl/N-ethyl adjacent to an activating group) is 1. The highest BCUT2D eigenvalue weighted by Gasteiger charge is 2.47. The largest absolute Gasteiger partial charge is 0.493 e. The number of carboxylic acid groups (broad SMARTS) is 1. The zero-order valence-corrected chi connectivity index (χ0v) is 20.1. The number of carboxylic acids is 1. The molecule has 0 unspecified atom stereocenters. The summed E-state index contributed by atoms with van der Waals surface area (Å²) >= 11 is 0. The summed E-state index contributed by atoms with van der Waals surface area (Å²) < 4.78 is 11.4. The lowest BCUT2D eigenvalue weighted by molar-refractivity contribution is -0.152. The number of amides is 1. The fraction of sp³-hybridized carbons (Fsp3) is 0.481. The van der Waals surface area contributed by atoms with Gasteiger partial charge in [0, 0.05) is 19.0 Å². The second-order valence-electron chi connectivity index (χ2n) is 9.01. The Morgan fingerprint density at radius 1 is 1.12 bits per heavy atom. The first-order valence-corrected chi connectivity index (χ1v) is 11.7. The molecule has 178 valence electrons. The summed E-state index contributed by atoms with van der Waals surface area (Å²) in [6.45, 7) is 4.62. The SMILES string of the molecule is CC[C@H]1CC[C@](C(=O)O)(N(C)C(=O)c2ccc(OC)c(OCCc3cccc(C)c3)c2)CC1. The standard InChI is InChI=1S/C27H35NO5/c1-5-20-11-14-27(15-12-20,26(30)31)28(3)25(29)22-9-10-23(32-4)24(18-22)33-16-13-21-8-6-7-19(2)17-21/h6-10,17-18,20H,5,11-16H2,1-4H3,(H,30,31)/t20-,27-. The van der Waals surface area contributed by atoms with E-state index < -0.39 is 11.5 Å². The van der Waals surface area contributed by atoms with Crippen molar-refractivity contribution in [3.05, 3.63) is 59.2 Å². The molecule has 1 N–H and O–H groups in total. The van der Waals surface area contributed by atoms with Crippen molar-refractivity contribution in [2.45, 2.75) is 57.9 Å². The number of benzene rings is 2. The van der Waals surface area contributed by atoms with E-state index in [1.54, 1.807) is 32.4 Å². The van der Waals surface area contributed by atoms with E-state index in [1.807, 2.05) is 6.07 Å². The van der Waals surface area contributed by atoms with Gasteiger partial charge in [-0.3, -0.25) is 4.79 Å². The highest BCUT2D eigenvalue weighted by molar-refractivity contribution is 5.98. The van der Waals surface area contributed by atoms with Crippen LogP contribution in [-0.2, 0) is 11.2 Å². The van der Waals surface area contributed by atoms with Gasteiger partial charge in [-0.15, -0.1) is 0 Å². The van der Waals surface area contributed by atoms with E-state index in [0.29, 0.717) is 42.4 Å². The first-order chi connectivity index (χ1) is 15.8. The number of hydrogen-bond acceptors (Lipinski definition) is 4. The van der Waals surface area contributed by atoms with Gasteiger partial charge in [0.05, 0.1) is 13.7 Å². The molecule has 0 saturated heterocycles. The number of methoxy groups -OCH3 is 1. The number of ether oxygens (including phenoxy) is 2. The van der Waals surface area contributed by atoms with Crippen LogP contribution in [0.5, 0.6) is 11.5 Å². The van der Waals surface area contributed by atoms with Gasteiger partial charge >= 0.3 is 5.97 Å². The van der Waals surface area contributed by atoms with Crippen molar-refractivity contribution in [3.63, 3.8) is 0 Å². The molecule has 0 atom stereocenters. The number of carbonyl (C=O) groups is 2. The van der Waals surface area contributed by atoms with Gasteiger partial charge in [0.15, 0.2) is 11.5 Å². The molecule has 1 fully saturated rings. The smallest absolute Gasteiger partial charge is 0.329 e. The molecule has 2 aromatic carbocycles. The van der Waals surface area contributed by atoms with E-state index in [1.165, 1.54) is 16.0 Å². The molecule has 0 aromatic heterocycles. The minimum absolute atomic E-state index is 0.321. The van der Waals surface area contributed by atoms with Gasteiger partial charge in [-0.05, 0) is 62.3 Å². The summed E-state index contributed by atoms with van der Waals surface area (Å²) in [6, 6.07) is 13.3. The van der Waals surface area contributed by atoms with E-state index in [9.17, 15) is 14.7 Å². The fourth-order valence-corrected chi connectivity index (χ4v) is 4.71. The van der Waals surface area contributed by atoms with Crippen molar-refractivity contribution in [1.82, 2.24) is 4.90 Å². The molecule has 2 aromatic rings. The van der Waals surface area contributed by atoms with Crippen LogP contribution in [0.25, 0.3) is 0 Å². The molecule has 6 heteroatoms. The van der Waals surface area contributed by atoms with Crippen LogP contribution in [0.2, 0.25) is 0 Å². The van der Waals surface area contributed by atoms with Crippen LogP contribution in [0.4, 0.5) is 0 Å². The lowest BCUT2D eigenvalue weighted by atomic mass is 9.74. The van der Waals surface area contributed by atoms with Gasteiger partial charge in [-0.25, -0.2) is 4.79 Å². The second kappa shape index (κ2) is 10.7. The zero-order valence-electron chi connectivity index (χ0n) is 20.1. The van der Waals surface area contributed by atoms with Crippen molar-refractivity contribution < 1.29 is 24.2 Å². The van der Waals surface area contributed by atoms with Gasteiger partial charge in [0.2, 0.25) is 0 Å². The summed E-state index contributed by atoms with van der Waals surface area (Å²) in [6.07, 6.45) is 4.34. The van der Waals surface area contributed by atoms with Crippen molar-refractivity contribution in [2.24, 2.45) is 5.92 Å². The van der Waals surface area contributed by atoms with E-state index >= 15 is 0 Å². The molecular weight excluding hydrogens is 418 g/mol. The predicted octanol–water partition coefficient (Wildman–Crippen LogP) is 5.12. The Labute approximate surface area is 196 Å². The molecule has 0 heterocycles. The highest BCUT2D eigenvalue weighted by Crippen LogP contribution is 2.38. The van der Waals surface area contributed by atoms with Crippen LogP contribution < -0.4 is 9.47 Å². The number of nitrogens with zero attached hydrogens (tertiary/aromatic N) is 1. The maximum atomic E-state index is 13.4. The molecular formula is C27H35NO5. The van der Waals surface area contributed by atoms with Gasteiger partial charge in [-0.2, -0.15) is 0 Å². The zero-order chi connectivity index (χ0) is 24.0. The Bertz CT molecular complexity index is 978. The summed E-state index contributed by atoms with van der Waals surface area (Å²) in [7, 11) is 3.16. The average molecular weight is 454 g/mol. The van der Waals surface area contributed by atoms with Gasteiger partial charge in [0.1, 0.15) is 5.54 Å². The van der Waals surface area contributed by atoms with Crippen molar-refractivity contribution in [1.29, 1.82) is 0 Å².